The first-order valence-corrected chi connectivity index (χ1v) is 11.2. The first-order valence-electron chi connectivity index (χ1n) is 10.8. The van der Waals surface area contributed by atoms with E-state index in [0.29, 0.717) is 36.8 Å². The van der Waals surface area contributed by atoms with Crippen molar-refractivity contribution < 1.29 is 14.1 Å². The van der Waals surface area contributed by atoms with Crippen LogP contribution in [0.15, 0.2) is 65.3 Å². The van der Waals surface area contributed by atoms with Crippen molar-refractivity contribution in [1.29, 1.82) is 0 Å². The summed E-state index contributed by atoms with van der Waals surface area (Å²) in [6.45, 7) is 2.45. The Hall–Kier alpha value is -3.52. The van der Waals surface area contributed by atoms with Gasteiger partial charge in [-0.05, 0) is 54.4 Å². The minimum atomic E-state index is -0.392. The Morgan fingerprint density at radius 2 is 2.00 bits per heavy atom. The van der Waals surface area contributed by atoms with E-state index >= 15 is 0 Å². The van der Waals surface area contributed by atoms with Gasteiger partial charge in [-0.15, -0.1) is 0 Å². The third-order valence-electron chi connectivity index (χ3n) is 6.45. The van der Waals surface area contributed by atoms with Crippen LogP contribution in [0.5, 0.6) is 0 Å². The Kier molecular flexibility index (Phi) is 5.68. The van der Waals surface area contributed by atoms with E-state index in [2.05, 4.69) is 15.1 Å². The third-order valence-corrected chi connectivity index (χ3v) is 6.70. The van der Waals surface area contributed by atoms with E-state index in [1.165, 1.54) is 0 Å². The predicted octanol–water partition coefficient (Wildman–Crippen LogP) is 4.03. The van der Waals surface area contributed by atoms with Crippen LogP contribution in [-0.2, 0) is 17.8 Å². The van der Waals surface area contributed by atoms with E-state index in [1.54, 1.807) is 24.5 Å². The molecule has 0 spiro atoms. The molecule has 3 aromatic rings. The van der Waals surface area contributed by atoms with Crippen molar-refractivity contribution in [1.82, 2.24) is 5.32 Å². The summed E-state index contributed by atoms with van der Waals surface area (Å²) >= 11 is 6.06. The number of fused-ring (bicyclic) bond motifs is 3. The summed E-state index contributed by atoms with van der Waals surface area (Å²) in [6.07, 6.45) is 2.01. The van der Waals surface area contributed by atoms with E-state index in [4.69, 9.17) is 16.0 Å². The largest absolute Gasteiger partial charge is 0.467 e. The number of rotatable bonds is 5. The fourth-order valence-electron chi connectivity index (χ4n) is 4.83. The lowest BCUT2D eigenvalue weighted by Gasteiger charge is -2.49. The average molecular weight is 467 g/mol. The van der Waals surface area contributed by atoms with E-state index < -0.39 is 4.92 Å². The smallest absolute Gasteiger partial charge is 0.269 e. The van der Waals surface area contributed by atoms with Gasteiger partial charge in [0.05, 0.1) is 29.7 Å². The van der Waals surface area contributed by atoms with Gasteiger partial charge in [0.15, 0.2) is 0 Å². The highest BCUT2D eigenvalue weighted by Gasteiger charge is 2.42. The van der Waals surface area contributed by atoms with Crippen LogP contribution in [0.25, 0.3) is 0 Å². The maximum atomic E-state index is 13.3. The van der Waals surface area contributed by atoms with Crippen molar-refractivity contribution in [3.05, 3.63) is 87.3 Å². The Morgan fingerprint density at radius 3 is 2.73 bits per heavy atom. The molecular formula is C24H23ClN4O4. The van der Waals surface area contributed by atoms with E-state index in [-0.39, 0.29) is 23.6 Å². The zero-order chi connectivity index (χ0) is 22.9. The van der Waals surface area contributed by atoms with Crippen molar-refractivity contribution >= 4 is 34.6 Å². The summed E-state index contributed by atoms with van der Waals surface area (Å²) < 4.78 is 5.34. The number of nitrogens with one attached hydrogen (secondary N) is 1. The van der Waals surface area contributed by atoms with Crippen molar-refractivity contribution in [3.63, 3.8) is 0 Å². The summed E-state index contributed by atoms with van der Waals surface area (Å²) in [5.74, 6) is 0.236. The molecule has 0 aliphatic carbocycles. The minimum absolute atomic E-state index is 0.0433. The number of nitrogens with zero attached hydrogens (tertiary/aromatic N) is 3. The summed E-state index contributed by atoms with van der Waals surface area (Å²) in [6, 6.07) is 16.2. The van der Waals surface area contributed by atoms with Crippen molar-refractivity contribution in [2.24, 2.45) is 5.92 Å². The summed E-state index contributed by atoms with van der Waals surface area (Å²) in [4.78, 5) is 28.7. The minimum Gasteiger partial charge on any atom is -0.467 e. The number of halogens is 1. The number of hydrogen-bond donors (Lipinski definition) is 1. The summed E-state index contributed by atoms with van der Waals surface area (Å²) in [7, 11) is 0. The highest BCUT2D eigenvalue weighted by molar-refractivity contribution is 6.30. The molecule has 170 valence electrons. The Balaban J connectivity index is 1.44. The molecule has 1 amide bonds. The lowest BCUT2D eigenvalue weighted by Crippen LogP contribution is -2.61. The molecule has 0 radical (unpaired) electrons. The second-order valence-corrected chi connectivity index (χ2v) is 8.80. The molecule has 2 aromatic carbocycles. The normalized spacial score (nSPS) is 19.5. The molecule has 0 unspecified atom stereocenters. The standard InChI is InChI=1S/C24H23ClN4O4/c25-17-3-5-18(6-4-17)27-9-10-28-22-8-7-19(29(31)32)12-16(22)13-21(23(28)15-27)24(30)26-14-20-2-1-11-33-20/h1-8,11-12,21,23H,9-10,13-15H2,(H,26,30)/t21-,23+/m0/s1. The maximum absolute atomic E-state index is 13.3. The van der Waals surface area contributed by atoms with Gasteiger partial charge in [-0.1, -0.05) is 11.6 Å². The van der Waals surface area contributed by atoms with Crippen molar-refractivity contribution in [2.75, 3.05) is 29.4 Å². The van der Waals surface area contributed by atoms with Crippen molar-refractivity contribution in [3.8, 4) is 0 Å². The van der Waals surface area contributed by atoms with Gasteiger partial charge in [0.25, 0.3) is 5.69 Å². The second-order valence-electron chi connectivity index (χ2n) is 8.36. The number of amides is 1. The Morgan fingerprint density at radius 1 is 1.18 bits per heavy atom. The molecule has 0 bridgehead atoms. The number of non-ortho nitro benzene ring substituents is 1. The lowest BCUT2D eigenvalue weighted by atomic mass is 9.83. The predicted molar refractivity (Wildman–Crippen MR) is 126 cm³/mol. The van der Waals surface area contributed by atoms with E-state index in [1.807, 2.05) is 36.4 Å². The molecule has 3 heterocycles. The second kappa shape index (κ2) is 8.78. The van der Waals surface area contributed by atoms with Crippen LogP contribution in [0.2, 0.25) is 5.02 Å². The Labute approximate surface area is 195 Å². The molecule has 8 nitrogen and oxygen atoms in total. The van der Waals surface area contributed by atoms with Gasteiger partial charge in [0.1, 0.15) is 5.76 Å². The molecule has 0 saturated carbocycles. The summed E-state index contributed by atoms with van der Waals surface area (Å²) in [5, 5.41) is 15.0. The molecule has 2 aliphatic heterocycles. The first-order chi connectivity index (χ1) is 16.0. The molecule has 1 saturated heterocycles. The fourth-order valence-corrected chi connectivity index (χ4v) is 4.95. The maximum Gasteiger partial charge on any atom is 0.269 e. The highest BCUT2D eigenvalue weighted by Crippen LogP contribution is 2.38. The van der Waals surface area contributed by atoms with Crippen LogP contribution in [0.4, 0.5) is 17.1 Å². The zero-order valence-corrected chi connectivity index (χ0v) is 18.6. The topological polar surface area (TPSA) is 91.9 Å². The quantitative estimate of drug-likeness (QED) is 0.451. The number of piperazine rings is 1. The van der Waals surface area contributed by atoms with Gasteiger partial charge in [-0.3, -0.25) is 14.9 Å². The molecule has 33 heavy (non-hydrogen) atoms. The van der Waals surface area contributed by atoms with E-state index in [9.17, 15) is 14.9 Å². The van der Waals surface area contributed by atoms with Gasteiger partial charge in [-0.25, -0.2) is 0 Å². The number of hydrogen-bond acceptors (Lipinski definition) is 6. The number of furan rings is 1. The van der Waals surface area contributed by atoms with Crippen LogP contribution in [-0.4, -0.2) is 36.5 Å². The van der Waals surface area contributed by atoms with Gasteiger partial charge in [-0.2, -0.15) is 0 Å². The molecular weight excluding hydrogens is 444 g/mol. The molecule has 1 aromatic heterocycles. The molecule has 2 atom stereocenters. The number of carbonyl (C=O) groups is 1. The molecule has 1 fully saturated rings. The van der Waals surface area contributed by atoms with Gasteiger partial charge >= 0.3 is 0 Å². The van der Waals surface area contributed by atoms with Crippen LogP contribution in [0.1, 0.15) is 11.3 Å². The van der Waals surface area contributed by atoms with Crippen LogP contribution in [0.3, 0.4) is 0 Å². The average Bonchev–Trinajstić information content (AvgIpc) is 3.35. The SMILES string of the molecule is O=C(NCc1ccco1)[C@H]1Cc2cc([N+](=O)[O-])ccc2N2CCN(c3ccc(Cl)cc3)C[C@H]12. The van der Waals surface area contributed by atoms with Crippen LogP contribution >= 0.6 is 11.6 Å². The number of carbonyl (C=O) groups excluding carboxylic acids is 1. The summed E-state index contributed by atoms with van der Waals surface area (Å²) in [5.41, 5.74) is 2.90. The Bertz CT molecular complexity index is 1170. The van der Waals surface area contributed by atoms with Gasteiger partial charge < -0.3 is 19.5 Å². The van der Waals surface area contributed by atoms with Gasteiger partial charge in [0.2, 0.25) is 5.91 Å². The fraction of sp³-hybridized carbons (Fsp3) is 0.292. The van der Waals surface area contributed by atoms with E-state index in [0.717, 1.165) is 23.5 Å². The monoisotopic (exact) mass is 466 g/mol. The third kappa shape index (κ3) is 4.26. The zero-order valence-electron chi connectivity index (χ0n) is 17.8. The number of nitro groups is 1. The first kappa shape index (κ1) is 21.3. The molecule has 2 aliphatic rings. The van der Waals surface area contributed by atoms with Crippen LogP contribution < -0.4 is 15.1 Å². The number of benzene rings is 2. The molecule has 9 heteroatoms. The molecule has 5 rings (SSSR count). The number of anilines is 2. The highest BCUT2D eigenvalue weighted by atomic mass is 35.5. The number of nitro benzene ring substituents is 1. The molecule has 1 N–H and O–H groups in total. The van der Waals surface area contributed by atoms with Crippen molar-refractivity contribution in [2.45, 2.75) is 19.0 Å². The lowest BCUT2D eigenvalue weighted by molar-refractivity contribution is -0.384. The van der Waals surface area contributed by atoms with Gasteiger partial charge in [0, 0.05) is 48.2 Å². The van der Waals surface area contributed by atoms with Crippen LogP contribution in [0, 0.1) is 16.0 Å².